The summed E-state index contributed by atoms with van der Waals surface area (Å²) in [6.07, 6.45) is 1.57. The Labute approximate surface area is 207 Å². The number of carbonyl (C=O) groups excluding carboxylic acids is 2. The molecule has 1 aliphatic rings. The molecule has 0 radical (unpaired) electrons. The number of nitrogens with zero attached hydrogens (tertiary/aromatic N) is 1. The number of carboxylic acids is 1. The molecule has 1 fully saturated rings. The van der Waals surface area contributed by atoms with E-state index < -0.39 is 51.8 Å². The first-order valence-electron chi connectivity index (χ1n) is 11.6. The molecule has 1 aliphatic carbocycles. The van der Waals surface area contributed by atoms with Crippen molar-refractivity contribution >= 4 is 17.7 Å². The molecule has 0 bridgehead atoms. The van der Waals surface area contributed by atoms with Gasteiger partial charge in [-0.3, -0.25) is 19.2 Å². The van der Waals surface area contributed by atoms with Gasteiger partial charge in [0.05, 0.1) is 5.92 Å². The van der Waals surface area contributed by atoms with E-state index in [9.17, 15) is 24.3 Å². The Balaban J connectivity index is 1.48. The highest BCUT2D eigenvalue weighted by Crippen LogP contribution is 2.51. The van der Waals surface area contributed by atoms with E-state index >= 15 is 0 Å². The van der Waals surface area contributed by atoms with Crippen LogP contribution in [0.4, 0.5) is 0 Å². The molecule has 0 aliphatic heterocycles. The molecule has 186 valence electrons. The van der Waals surface area contributed by atoms with Crippen molar-refractivity contribution in [3.63, 3.8) is 0 Å². The molecule has 1 aromatic heterocycles. The van der Waals surface area contributed by atoms with Crippen LogP contribution in [0.3, 0.4) is 0 Å². The maximum atomic E-state index is 13.0. The van der Waals surface area contributed by atoms with Crippen LogP contribution < -0.4 is 10.9 Å². The van der Waals surface area contributed by atoms with Crippen molar-refractivity contribution in [2.75, 3.05) is 6.54 Å². The quantitative estimate of drug-likeness (QED) is 0.337. The van der Waals surface area contributed by atoms with Crippen molar-refractivity contribution < 1.29 is 24.6 Å². The van der Waals surface area contributed by atoms with Gasteiger partial charge in [-0.15, -0.1) is 0 Å². The summed E-state index contributed by atoms with van der Waals surface area (Å²) < 4.78 is 0. The highest BCUT2D eigenvalue weighted by Gasteiger charge is 2.46. The number of carbonyl (C=O) groups is 3. The molecule has 1 atom stereocenters. The number of aromatic hydroxyl groups is 1. The summed E-state index contributed by atoms with van der Waals surface area (Å²) in [7, 11) is 0. The van der Waals surface area contributed by atoms with E-state index in [0.717, 1.165) is 29.5 Å². The standard InChI is InChI=1S/C27H27N3O6/c1-15-3-5-17(6-4-15)18-7-9-19(10-8-18)27(11-12-27)13-20(31)21-23(32)29-22(30-24(21)33)25(34)28-14-16(2)26(35)36/h3-10,16H,11-14H2,1-2H3,(H,28,34)(H,35,36)(H2,29,30,32,33). The number of amides is 1. The van der Waals surface area contributed by atoms with Crippen LogP contribution in [0.25, 0.3) is 11.1 Å². The molecular formula is C27H27N3O6. The van der Waals surface area contributed by atoms with E-state index in [1.54, 1.807) is 0 Å². The molecule has 2 aromatic carbocycles. The lowest BCUT2D eigenvalue weighted by Crippen LogP contribution is -2.34. The van der Waals surface area contributed by atoms with E-state index in [-0.39, 0.29) is 13.0 Å². The zero-order chi connectivity index (χ0) is 26.0. The van der Waals surface area contributed by atoms with Crippen molar-refractivity contribution in [2.45, 2.75) is 38.5 Å². The summed E-state index contributed by atoms with van der Waals surface area (Å²) in [5, 5.41) is 21.5. The van der Waals surface area contributed by atoms with E-state index in [0.29, 0.717) is 0 Å². The number of aryl methyl sites for hydroxylation is 1. The van der Waals surface area contributed by atoms with Gasteiger partial charge in [0.2, 0.25) is 11.7 Å². The molecule has 4 N–H and O–H groups in total. The molecule has 1 unspecified atom stereocenters. The van der Waals surface area contributed by atoms with Crippen molar-refractivity contribution in [3.05, 3.63) is 81.4 Å². The molecule has 4 rings (SSSR count). The second-order valence-electron chi connectivity index (χ2n) is 9.39. The van der Waals surface area contributed by atoms with Gasteiger partial charge in [-0.25, -0.2) is 0 Å². The third-order valence-electron chi connectivity index (χ3n) is 6.62. The number of hydrogen-bond donors (Lipinski definition) is 4. The summed E-state index contributed by atoms with van der Waals surface area (Å²) in [4.78, 5) is 54.6. The van der Waals surface area contributed by atoms with Crippen LogP contribution in [-0.2, 0) is 10.2 Å². The maximum absolute atomic E-state index is 13.0. The number of H-pyrrole nitrogens is 1. The Morgan fingerprint density at radius 1 is 1.06 bits per heavy atom. The van der Waals surface area contributed by atoms with Gasteiger partial charge in [0.25, 0.3) is 11.5 Å². The molecular weight excluding hydrogens is 462 g/mol. The zero-order valence-corrected chi connectivity index (χ0v) is 20.0. The van der Waals surface area contributed by atoms with Crippen LogP contribution in [-0.4, -0.2) is 44.4 Å². The van der Waals surface area contributed by atoms with Gasteiger partial charge >= 0.3 is 5.97 Å². The Bertz CT molecular complexity index is 1370. The largest absolute Gasteiger partial charge is 0.493 e. The summed E-state index contributed by atoms with van der Waals surface area (Å²) in [5.74, 6) is -4.70. The molecule has 1 saturated carbocycles. The topological polar surface area (TPSA) is 149 Å². The Morgan fingerprint density at radius 3 is 2.17 bits per heavy atom. The van der Waals surface area contributed by atoms with Gasteiger partial charge in [0.15, 0.2) is 5.78 Å². The second-order valence-corrected chi connectivity index (χ2v) is 9.39. The number of ketones is 1. The van der Waals surface area contributed by atoms with Crippen LogP contribution in [0.15, 0.2) is 53.3 Å². The van der Waals surface area contributed by atoms with Crippen LogP contribution in [0.5, 0.6) is 5.88 Å². The minimum atomic E-state index is -1.10. The zero-order valence-electron chi connectivity index (χ0n) is 20.0. The van der Waals surface area contributed by atoms with Gasteiger partial charge in [-0.2, -0.15) is 4.98 Å². The summed E-state index contributed by atoms with van der Waals surface area (Å²) in [5.41, 5.74) is 2.50. The van der Waals surface area contributed by atoms with Gasteiger partial charge in [0.1, 0.15) is 5.56 Å². The first kappa shape index (κ1) is 24.8. The number of aromatic nitrogens is 2. The maximum Gasteiger partial charge on any atom is 0.308 e. The minimum absolute atomic E-state index is 0.0247. The molecule has 0 spiro atoms. The fraction of sp³-hybridized carbons (Fsp3) is 0.296. The summed E-state index contributed by atoms with van der Waals surface area (Å²) in [6.45, 7) is 3.25. The third-order valence-corrected chi connectivity index (χ3v) is 6.62. The molecule has 9 nitrogen and oxygen atoms in total. The highest BCUT2D eigenvalue weighted by atomic mass is 16.4. The van der Waals surface area contributed by atoms with Crippen LogP contribution >= 0.6 is 0 Å². The molecule has 1 amide bonds. The fourth-order valence-corrected chi connectivity index (χ4v) is 4.11. The monoisotopic (exact) mass is 489 g/mol. The lowest BCUT2D eigenvalue weighted by Gasteiger charge is -2.16. The molecule has 9 heteroatoms. The molecule has 36 heavy (non-hydrogen) atoms. The van der Waals surface area contributed by atoms with Crippen LogP contribution in [0, 0.1) is 12.8 Å². The number of aromatic amines is 1. The highest BCUT2D eigenvalue weighted by molar-refractivity contribution is 5.99. The van der Waals surface area contributed by atoms with E-state index in [4.69, 9.17) is 5.11 Å². The number of rotatable bonds is 9. The summed E-state index contributed by atoms with van der Waals surface area (Å²) >= 11 is 0. The van der Waals surface area contributed by atoms with E-state index in [2.05, 4.69) is 27.4 Å². The van der Waals surface area contributed by atoms with Crippen LogP contribution in [0.2, 0.25) is 0 Å². The number of nitrogens with one attached hydrogen (secondary N) is 2. The van der Waals surface area contributed by atoms with E-state index in [1.165, 1.54) is 12.5 Å². The number of benzene rings is 2. The number of Topliss-reactive ketones (excluding diaryl/α,β-unsaturated/α-hetero) is 1. The lowest BCUT2D eigenvalue weighted by atomic mass is 9.88. The van der Waals surface area contributed by atoms with Crippen molar-refractivity contribution in [1.29, 1.82) is 0 Å². The SMILES string of the molecule is Cc1ccc(-c2ccc(C3(CC(=O)c4c(O)nc(C(=O)NCC(C)C(=O)O)[nH]c4=O)CC3)cc2)cc1. The van der Waals surface area contributed by atoms with Gasteiger partial charge in [0, 0.05) is 18.4 Å². The van der Waals surface area contributed by atoms with Crippen molar-refractivity contribution in [1.82, 2.24) is 15.3 Å². The number of carboxylic acid groups (broad SMARTS) is 1. The number of aliphatic carboxylic acids is 1. The predicted molar refractivity (Wildman–Crippen MR) is 132 cm³/mol. The Kier molecular flexibility index (Phi) is 6.74. The smallest absolute Gasteiger partial charge is 0.308 e. The predicted octanol–water partition coefficient (Wildman–Crippen LogP) is 3.21. The number of hydrogen-bond acceptors (Lipinski definition) is 6. The van der Waals surface area contributed by atoms with Crippen molar-refractivity contribution in [2.24, 2.45) is 5.92 Å². The third kappa shape index (κ3) is 5.19. The molecule has 3 aromatic rings. The van der Waals surface area contributed by atoms with Crippen LogP contribution in [0.1, 0.15) is 58.3 Å². The summed E-state index contributed by atoms with van der Waals surface area (Å²) in [6, 6.07) is 16.2. The second kappa shape index (κ2) is 9.77. The molecule has 1 heterocycles. The lowest BCUT2D eigenvalue weighted by molar-refractivity contribution is -0.140. The first-order valence-corrected chi connectivity index (χ1v) is 11.6. The normalized spacial score (nSPS) is 14.6. The Morgan fingerprint density at radius 2 is 1.64 bits per heavy atom. The van der Waals surface area contributed by atoms with Gasteiger partial charge < -0.3 is 20.5 Å². The first-order chi connectivity index (χ1) is 17.1. The van der Waals surface area contributed by atoms with Crippen molar-refractivity contribution in [3.8, 4) is 17.0 Å². The Hall–Kier alpha value is -4.27. The minimum Gasteiger partial charge on any atom is -0.493 e. The molecule has 0 saturated heterocycles. The van der Waals surface area contributed by atoms with E-state index in [1.807, 2.05) is 43.3 Å². The average molecular weight is 490 g/mol. The van der Waals surface area contributed by atoms with Gasteiger partial charge in [-0.1, -0.05) is 61.0 Å². The average Bonchev–Trinajstić information content (AvgIpc) is 3.62. The van der Waals surface area contributed by atoms with Gasteiger partial charge in [-0.05, 0) is 36.5 Å². The fourth-order valence-electron chi connectivity index (χ4n) is 4.11.